The molecule has 0 saturated carbocycles. The van der Waals surface area contributed by atoms with Gasteiger partial charge >= 0.3 is 0 Å². The molecule has 0 fully saturated rings. The molecule has 154 valence electrons. The van der Waals surface area contributed by atoms with Crippen LogP contribution < -0.4 is 10.6 Å². The quantitative estimate of drug-likeness (QED) is 0.668. The third-order valence-corrected chi connectivity index (χ3v) is 4.03. The van der Waals surface area contributed by atoms with E-state index >= 15 is 0 Å². The van der Waals surface area contributed by atoms with Crippen molar-refractivity contribution in [2.75, 3.05) is 52.7 Å². The number of amides is 2. The SMILES string of the molecule is O=C1NCCOCCOCCOCCNC(=O)c2cccc(n2)-c2cccc1n2. The highest BCUT2D eigenvalue weighted by Gasteiger charge is 2.12. The van der Waals surface area contributed by atoms with Gasteiger partial charge in [-0.1, -0.05) is 12.1 Å². The molecule has 4 bridgehead atoms. The number of hydrogen-bond acceptors (Lipinski definition) is 7. The highest BCUT2D eigenvalue weighted by molar-refractivity contribution is 5.93. The monoisotopic (exact) mass is 400 g/mol. The molecule has 3 rings (SSSR count). The lowest BCUT2D eigenvalue weighted by Gasteiger charge is -2.08. The zero-order chi connectivity index (χ0) is 20.3. The van der Waals surface area contributed by atoms with E-state index in [0.717, 1.165) is 0 Å². The number of nitrogens with one attached hydrogen (secondary N) is 2. The van der Waals surface area contributed by atoms with Crippen LogP contribution in [0.15, 0.2) is 36.4 Å². The molecule has 0 spiro atoms. The Morgan fingerprint density at radius 2 is 0.966 bits per heavy atom. The second-order valence-corrected chi connectivity index (χ2v) is 6.17. The van der Waals surface area contributed by atoms with Crippen LogP contribution in [0.4, 0.5) is 0 Å². The molecule has 1 aliphatic heterocycles. The molecule has 1 aliphatic rings. The summed E-state index contributed by atoms with van der Waals surface area (Å²) in [5, 5.41) is 5.53. The van der Waals surface area contributed by atoms with E-state index in [9.17, 15) is 9.59 Å². The number of carbonyl (C=O) groups excluding carboxylic acids is 2. The van der Waals surface area contributed by atoms with Crippen LogP contribution in [0, 0.1) is 0 Å². The number of hydrogen-bond donors (Lipinski definition) is 2. The summed E-state index contributed by atoms with van der Waals surface area (Å²) >= 11 is 0. The molecular formula is C20H24N4O5. The molecular weight excluding hydrogens is 376 g/mol. The average molecular weight is 400 g/mol. The zero-order valence-electron chi connectivity index (χ0n) is 16.1. The van der Waals surface area contributed by atoms with Crippen LogP contribution in [-0.4, -0.2) is 74.5 Å². The molecule has 0 atom stereocenters. The van der Waals surface area contributed by atoms with Crippen LogP contribution in [-0.2, 0) is 14.2 Å². The van der Waals surface area contributed by atoms with Gasteiger partial charge in [0.15, 0.2) is 0 Å². The van der Waals surface area contributed by atoms with Crippen molar-refractivity contribution in [3.8, 4) is 11.4 Å². The predicted molar refractivity (Wildman–Crippen MR) is 105 cm³/mol. The van der Waals surface area contributed by atoms with Gasteiger partial charge in [0.1, 0.15) is 11.4 Å². The first-order valence-corrected chi connectivity index (χ1v) is 9.48. The molecule has 0 saturated heterocycles. The van der Waals surface area contributed by atoms with Crippen molar-refractivity contribution >= 4 is 11.8 Å². The summed E-state index contributed by atoms with van der Waals surface area (Å²) in [5.74, 6) is -0.604. The molecule has 9 heteroatoms. The van der Waals surface area contributed by atoms with E-state index in [-0.39, 0.29) is 23.2 Å². The Kier molecular flexibility index (Phi) is 8.05. The highest BCUT2D eigenvalue weighted by atomic mass is 16.5. The van der Waals surface area contributed by atoms with Gasteiger partial charge in [0.25, 0.3) is 11.8 Å². The molecule has 9 nitrogen and oxygen atoms in total. The minimum Gasteiger partial charge on any atom is -0.377 e. The van der Waals surface area contributed by atoms with Gasteiger partial charge in [0.2, 0.25) is 0 Å². The summed E-state index contributed by atoms with van der Waals surface area (Å²) in [6.07, 6.45) is 0. The summed E-state index contributed by atoms with van der Waals surface area (Å²) in [6.45, 7) is 3.23. The van der Waals surface area contributed by atoms with Gasteiger partial charge in [0, 0.05) is 13.1 Å². The van der Waals surface area contributed by atoms with Gasteiger partial charge in [-0.15, -0.1) is 0 Å². The normalized spacial score (nSPS) is 17.5. The van der Waals surface area contributed by atoms with Gasteiger partial charge in [-0.05, 0) is 24.3 Å². The van der Waals surface area contributed by atoms with Crippen molar-refractivity contribution in [2.24, 2.45) is 0 Å². The minimum atomic E-state index is -0.302. The summed E-state index contributed by atoms with van der Waals surface area (Å²) in [7, 11) is 0. The van der Waals surface area contributed by atoms with Gasteiger partial charge in [-0.3, -0.25) is 9.59 Å². The van der Waals surface area contributed by atoms with E-state index < -0.39 is 0 Å². The fraction of sp³-hybridized carbons (Fsp3) is 0.400. The van der Waals surface area contributed by atoms with Gasteiger partial charge in [0.05, 0.1) is 51.0 Å². The first-order chi connectivity index (χ1) is 14.2. The van der Waals surface area contributed by atoms with Crippen molar-refractivity contribution in [3.63, 3.8) is 0 Å². The maximum atomic E-state index is 12.3. The van der Waals surface area contributed by atoms with Gasteiger partial charge in [-0.2, -0.15) is 0 Å². The van der Waals surface area contributed by atoms with Crippen molar-refractivity contribution in [2.45, 2.75) is 0 Å². The molecule has 0 aromatic carbocycles. The molecule has 2 aromatic rings. The van der Waals surface area contributed by atoms with E-state index in [1.54, 1.807) is 36.4 Å². The Morgan fingerprint density at radius 3 is 1.41 bits per heavy atom. The Bertz CT molecular complexity index is 763. The van der Waals surface area contributed by atoms with E-state index in [2.05, 4.69) is 20.6 Å². The summed E-state index contributed by atoms with van der Waals surface area (Å²) in [6, 6.07) is 10.2. The van der Waals surface area contributed by atoms with E-state index in [0.29, 0.717) is 64.1 Å². The highest BCUT2D eigenvalue weighted by Crippen LogP contribution is 2.15. The van der Waals surface area contributed by atoms with Crippen molar-refractivity contribution in [1.82, 2.24) is 20.6 Å². The standard InChI is InChI=1S/C20H24N4O5/c25-19-17-5-1-3-15(23-17)16-4-2-6-18(24-16)20(26)22-8-10-28-12-14-29-13-11-27-9-7-21-19/h1-6H,7-14H2,(H,21,25)(H,22,26). The third kappa shape index (κ3) is 6.60. The van der Waals surface area contributed by atoms with E-state index in [1.807, 2.05) is 0 Å². The number of ether oxygens (including phenoxy) is 3. The van der Waals surface area contributed by atoms with E-state index in [4.69, 9.17) is 14.2 Å². The Hall–Kier alpha value is -2.88. The van der Waals surface area contributed by atoms with Crippen LogP contribution in [0.3, 0.4) is 0 Å². The molecule has 2 aromatic heterocycles. The topological polar surface area (TPSA) is 112 Å². The van der Waals surface area contributed by atoms with Crippen LogP contribution >= 0.6 is 0 Å². The fourth-order valence-electron chi connectivity index (χ4n) is 2.60. The maximum absolute atomic E-state index is 12.3. The fourth-order valence-corrected chi connectivity index (χ4v) is 2.60. The maximum Gasteiger partial charge on any atom is 0.269 e. The van der Waals surface area contributed by atoms with Crippen LogP contribution in [0.5, 0.6) is 0 Å². The first-order valence-electron chi connectivity index (χ1n) is 9.48. The smallest absolute Gasteiger partial charge is 0.269 e. The second-order valence-electron chi connectivity index (χ2n) is 6.17. The Morgan fingerprint density at radius 1 is 0.586 bits per heavy atom. The predicted octanol–water partition coefficient (Wildman–Crippen LogP) is 0.667. The number of carbonyl (C=O) groups is 2. The number of nitrogens with zero attached hydrogens (tertiary/aromatic N) is 2. The minimum absolute atomic E-state index is 0.269. The molecule has 0 aliphatic carbocycles. The Balaban J connectivity index is 1.74. The number of rotatable bonds is 0. The van der Waals surface area contributed by atoms with Crippen molar-refractivity contribution in [1.29, 1.82) is 0 Å². The molecule has 29 heavy (non-hydrogen) atoms. The number of pyridine rings is 2. The largest absolute Gasteiger partial charge is 0.377 e. The lowest BCUT2D eigenvalue weighted by atomic mass is 10.2. The molecule has 2 N–H and O–H groups in total. The second kappa shape index (κ2) is 11.2. The third-order valence-electron chi connectivity index (χ3n) is 4.03. The number of fused-ring (bicyclic) bond motifs is 5. The van der Waals surface area contributed by atoms with Crippen LogP contribution in [0.1, 0.15) is 21.0 Å². The van der Waals surface area contributed by atoms with Crippen molar-refractivity contribution < 1.29 is 23.8 Å². The van der Waals surface area contributed by atoms with Crippen LogP contribution in [0.2, 0.25) is 0 Å². The summed E-state index contributed by atoms with van der Waals surface area (Å²) < 4.78 is 16.2. The van der Waals surface area contributed by atoms with Crippen LogP contribution in [0.25, 0.3) is 11.4 Å². The summed E-state index contributed by atoms with van der Waals surface area (Å²) in [5.41, 5.74) is 1.56. The Labute approximate surface area is 168 Å². The average Bonchev–Trinajstić information content (AvgIpc) is 2.76. The first kappa shape index (κ1) is 20.8. The van der Waals surface area contributed by atoms with Crippen molar-refractivity contribution in [3.05, 3.63) is 47.8 Å². The lowest BCUT2D eigenvalue weighted by molar-refractivity contribution is 0.0157. The van der Waals surface area contributed by atoms with E-state index in [1.165, 1.54) is 0 Å². The molecule has 2 amide bonds. The zero-order valence-corrected chi connectivity index (χ0v) is 16.1. The number of aromatic nitrogens is 2. The molecule has 0 unspecified atom stereocenters. The lowest BCUT2D eigenvalue weighted by Crippen LogP contribution is -2.28. The van der Waals surface area contributed by atoms with Gasteiger partial charge in [-0.25, -0.2) is 9.97 Å². The summed E-state index contributed by atoms with van der Waals surface area (Å²) in [4.78, 5) is 33.4. The molecule has 0 radical (unpaired) electrons. The van der Waals surface area contributed by atoms with Gasteiger partial charge < -0.3 is 24.8 Å². The molecule has 3 heterocycles.